The molecule has 0 spiro atoms. The highest BCUT2D eigenvalue weighted by Crippen LogP contribution is 2.36. The molecule has 3 nitrogen and oxygen atoms in total. The van der Waals surface area contributed by atoms with E-state index in [-0.39, 0.29) is 5.28 Å². The highest BCUT2D eigenvalue weighted by Gasteiger charge is 2.15. The molecule has 0 fully saturated rings. The van der Waals surface area contributed by atoms with Crippen LogP contribution in [0.2, 0.25) is 5.28 Å². The van der Waals surface area contributed by atoms with E-state index in [1.807, 2.05) is 6.07 Å². The van der Waals surface area contributed by atoms with Crippen molar-refractivity contribution in [3.63, 3.8) is 0 Å². The summed E-state index contributed by atoms with van der Waals surface area (Å²) in [6.07, 6.45) is 0. The molecule has 0 bridgehead atoms. The predicted octanol–water partition coefficient (Wildman–Crippen LogP) is 4.46. The second-order valence-electron chi connectivity index (χ2n) is 5.33. The number of nitrogens with zero attached hydrogens (tertiary/aromatic N) is 2. The van der Waals surface area contributed by atoms with Crippen LogP contribution in [0.1, 0.15) is 16.7 Å². The number of nitrogens with two attached hydrogens (primary N) is 1. The molecule has 1 aromatic heterocycles. The van der Waals surface area contributed by atoms with E-state index in [2.05, 4.69) is 55.0 Å². The molecule has 106 valence electrons. The van der Waals surface area contributed by atoms with Gasteiger partial charge in [0.2, 0.25) is 5.28 Å². The molecule has 0 amide bonds. The van der Waals surface area contributed by atoms with Gasteiger partial charge in [0.25, 0.3) is 0 Å². The zero-order chi connectivity index (χ0) is 15.1. The molecular weight excluding hydrogens is 282 g/mol. The van der Waals surface area contributed by atoms with Crippen LogP contribution >= 0.6 is 11.6 Å². The number of benzene rings is 2. The number of halogens is 1. The van der Waals surface area contributed by atoms with Crippen molar-refractivity contribution >= 4 is 28.3 Å². The second-order valence-corrected chi connectivity index (χ2v) is 5.67. The Labute approximate surface area is 128 Å². The fraction of sp³-hybridized carbons (Fsp3) is 0.176. The second kappa shape index (κ2) is 5.01. The van der Waals surface area contributed by atoms with E-state index in [1.54, 1.807) is 0 Å². The van der Waals surface area contributed by atoms with Crippen LogP contribution in [0.5, 0.6) is 0 Å². The third kappa shape index (κ3) is 2.34. The van der Waals surface area contributed by atoms with Gasteiger partial charge in [-0.3, -0.25) is 0 Å². The number of aryl methyl sites for hydroxylation is 2. The molecule has 0 atom stereocenters. The number of aromatic nitrogens is 2. The molecule has 3 rings (SSSR count). The van der Waals surface area contributed by atoms with Gasteiger partial charge in [-0.2, -0.15) is 0 Å². The maximum absolute atomic E-state index is 6.11. The van der Waals surface area contributed by atoms with Crippen LogP contribution in [0.3, 0.4) is 0 Å². The summed E-state index contributed by atoms with van der Waals surface area (Å²) in [7, 11) is 0. The van der Waals surface area contributed by atoms with Crippen molar-refractivity contribution in [1.82, 2.24) is 9.97 Å². The smallest absolute Gasteiger partial charge is 0.224 e. The molecule has 0 aliphatic rings. The van der Waals surface area contributed by atoms with Crippen molar-refractivity contribution in [2.45, 2.75) is 20.8 Å². The summed E-state index contributed by atoms with van der Waals surface area (Å²) < 4.78 is 0. The molecule has 0 unspecified atom stereocenters. The first-order valence-corrected chi connectivity index (χ1v) is 7.15. The Morgan fingerprint density at radius 2 is 1.67 bits per heavy atom. The van der Waals surface area contributed by atoms with Gasteiger partial charge in [-0.25, -0.2) is 9.97 Å². The third-order valence-corrected chi connectivity index (χ3v) is 4.02. The first-order chi connectivity index (χ1) is 9.97. The number of rotatable bonds is 1. The molecule has 0 radical (unpaired) electrons. The van der Waals surface area contributed by atoms with E-state index < -0.39 is 0 Å². The van der Waals surface area contributed by atoms with E-state index in [0.717, 1.165) is 27.6 Å². The van der Waals surface area contributed by atoms with Gasteiger partial charge in [0.15, 0.2) is 0 Å². The van der Waals surface area contributed by atoms with Gasteiger partial charge >= 0.3 is 0 Å². The first kappa shape index (κ1) is 13.8. The first-order valence-electron chi connectivity index (χ1n) is 6.77. The van der Waals surface area contributed by atoms with Crippen LogP contribution < -0.4 is 5.73 Å². The van der Waals surface area contributed by atoms with Crippen molar-refractivity contribution in [1.29, 1.82) is 0 Å². The van der Waals surface area contributed by atoms with Crippen molar-refractivity contribution in [3.8, 4) is 11.1 Å². The number of hydrogen-bond donors (Lipinski definition) is 1. The van der Waals surface area contributed by atoms with Crippen LogP contribution in [0, 0.1) is 20.8 Å². The van der Waals surface area contributed by atoms with Crippen LogP contribution in [0.15, 0.2) is 30.3 Å². The Kier molecular flexibility index (Phi) is 3.30. The number of nitrogen functional groups attached to an aromatic ring is 1. The van der Waals surface area contributed by atoms with Gasteiger partial charge in [0.1, 0.15) is 5.82 Å². The molecular formula is C17H16ClN3. The fourth-order valence-electron chi connectivity index (χ4n) is 2.61. The van der Waals surface area contributed by atoms with Gasteiger partial charge in [-0.1, -0.05) is 29.8 Å². The molecule has 0 saturated heterocycles. The van der Waals surface area contributed by atoms with Crippen LogP contribution in [-0.2, 0) is 0 Å². The summed E-state index contributed by atoms with van der Waals surface area (Å²) in [5, 5.41) is 1.05. The van der Waals surface area contributed by atoms with Gasteiger partial charge in [-0.15, -0.1) is 0 Å². The van der Waals surface area contributed by atoms with Crippen molar-refractivity contribution in [3.05, 3.63) is 52.3 Å². The normalized spacial score (nSPS) is 11.0. The average Bonchev–Trinajstić information content (AvgIpc) is 2.42. The Balaban J connectivity index is 2.45. The number of anilines is 1. The van der Waals surface area contributed by atoms with Crippen LogP contribution in [-0.4, -0.2) is 9.97 Å². The van der Waals surface area contributed by atoms with E-state index in [1.165, 1.54) is 11.1 Å². The van der Waals surface area contributed by atoms with E-state index in [4.69, 9.17) is 17.3 Å². The standard InChI is InChI=1S/C17H16ClN3/c1-9-4-6-12(7-5-9)14-11(3)10(2)8-13-15(14)16(19)21-17(18)20-13/h4-8H,1-3H3,(H2,19,20,21). The zero-order valence-electron chi connectivity index (χ0n) is 12.2. The average molecular weight is 298 g/mol. The highest BCUT2D eigenvalue weighted by molar-refractivity contribution is 6.29. The lowest BCUT2D eigenvalue weighted by molar-refractivity contribution is 1.22. The lowest BCUT2D eigenvalue weighted by Crippen LogP contribution is -1.99. The van der Waals surface area contributed by atoms with Gasteiger partial charge in [-0.05, 0) is 60.7 Å². The molecule has 3 aromatic rings. The summed E-state index contributed by atoms with van der Waals surface area (Å²) in [5.74, 6) is 0.420. The maximum Gasteiger partial charge on any atom is 0.224 e. The molecule has 0 aliphatic carbocycles. The lowest BCUT2D eigenvalue weighted by Gasteiger charge is -2.14. The van der Waals surface area contributed by atoms with Crippen LogP contribution in [0.25, 0.3) is 22.0 Å². The fourth-order valence-corrected chi connectivity index (χ4v) is 2.79. The third-order valence-electron chi connectivity index (χ3n) is 3.85. The topological polar surface area (TPSA) is 51.8 Å². The zero-order valence-corrected chi connectivity index (χ0v) is 13.0. The van der Waals surface area contributed by atoms with Gasteiger partial charge in [0, 0.05) is 0 Å². The lowest BCUT2D eigenvalue weighted by atomic mass is 9.92. The van der Waals surface area contributed by atoms with Crippen molar-refractivity contribution in [2.75, 3.05) is 5.73 Å². The summed E-state index contributed by atoms with van der Waals surface area (Å²) in [4.78, 5) is 8.42. The van der Waals surface area contributed by atoms with Crippen LogP contribution in [0.4, 0.5) is 5.82 Å². The summed E-state index contributed by atoms with van der Waals surface area (Å²) in [6, 6.07) is 10.4. The number of fused-ring (bicyclic) bond motifs is 1. The minimum atomic E-state index is 0.179. The Morgan fingerprint density at radius 3 is 2.33 bits per heavy atom. The molecule has 2 N–H and O–H groups in total. The molecule has 4 heteroatoms. The maximum atomic E-state index is 6.11. The predicted molar refractivity (Wildman–Crippen MR) is 88.6 cm³/mol. The Morgan fingerprint density at radius 1 is 1.00 bits per heavy atom. The summed E-state index contributed by atoms with van der Waals surface area (Å²) in [6.45, 7) is 6.24. The summed E-state index contributed by atoms with van der Waals surface area (Å²) >= 11 is 5.93. The minimum absolute atomic E-state index is 0.179. The van der Waals surface area contributed by atoms with Crippen molar-refractivity contribution in [2.24, 2.45) is 0 Å². The molecule has 0 aliphatic heterocycles. The van der Waals surface area contributed by atoms with Gasteiger partial charge < -0.3 is 5.73 Å². The van der Waals surface area contributed by atoms with E-state index in [0.29, 0.717) is 5.82 Å². The van der Waals surface area contributed by atoms with E-state index in [9.17, 15) is 0 Å². The Hall–Kier alpha value is -2.13. The number of hydrogen-bond acceptors (Lipinski definition) is 3. The van der Waals surface area contributed by atoms with Gasteiger partial charge in [0.05, 0.1) is 10.9 Å². The quantitative estimate of drug-likeness (QED) is 0.675. The molecule has 1 heterocycles. The minimum Gasteiger partial charge on any atom is -0.383 e. The molecule has 2 aromatic carbocycles. The van der Waals surface area contributed by atoms with Crippen molar-refractivity contribution < 1.29 is 0 Å². The largest absolute Gasteiger partial charge is 0.383 e. The Bertz CT molecular complexity index is 839. The SMILES string of the molecule is Cc1ccc(-c2c(C)c(C)cc3nc(Cl)nc(N)c23)cc1. The monoisotopic (exact) mass is 297 g/mol. The highest BCUT2D eigenvalue weighted by atomic mass is 35.5. The summed E-state index contributed by atoms with van der Waals surface area (Å²) in [5.41, 5.74) is 12.7. The molecule has 0 saturated carbocycles. The van der Waals surface area contributed by atoms with E-state index >= 15 is 0 Å². The molecule has 21 heavy (non-hydrogen) atoms.